The normalized spacial score (nSPS) is 16.4. The van der Waals surface area contributed by atoms with Crippen LogP contribution < -0.4 is 5.56 Å². The molecule has 1 aliphatic carbocycles. The fourth-order valence-corrected chi connectivity index (χ4v) is 4.24. The Kier molecular flexibility index (Phi) is 4.06. The highest BCUT2D eigenvalue weighted by atomic mass is 32.1. The van der Waals surface area contributed by atoms with Crippen LogP contribution in [0.25, 0.3) is 21.5 Å². The van der Waals surface area contributed by atoms with Crippen LogP contribution >= 0.6 is 11.3 Å². The molecule has 0 unspecified atom stereocenters. The molecule has 1 fully saturated rings. The van der Waals surface area contributed by atoms with E-state index in [9.17, 15) is 4.79 Å². The van der Waals surface area contributed by atoms with Crippen LogP contribution in [0.2, 0.25) is 0 Å². The van der Waals surface area contributed by atoms with Gasteiger partial charge in [-0.15, -0.1) is 11.3 Å². The van der Waals surface area contributed by atoms with Crippen molar-refractivity contribution in [1.29, 1.82) is 0 Å². The Morgan fingerprint density at radius 2 is 2.21 bits per heavy atom. The van der Waals surface area contributed by atoms with E-state index in [-0.39, 0.29) is 5.56 Å². The van der Waals surface area contributed by atoms with Gasteiger partial charge in [-0.2, -0.15) is 9.78 Å². The Bertz CT molecular complexity index is 931. The first-order chi connectivity index (χ1) is 11.7. The van der Waals surface area contributed by atoms with Crippen LogP contribution in [-0.2, 0) is 0 Å². The summed E-state index contributed by atoms with van der Waals surface area (Å²) >= 11 is 1.46. The highest BCUT2D eigenvalue weighted by Gasteiger charge is 2.17. The first-order valence-corrected chi connectivity index (χ1v) is 9.21. The van der Waals surface area contributed by atoms with Gasteiger partial charge >= 0.3 is 0 Å². The Balaban J connectivity index is 1.79. The molecule has 0 bridgehead atoms. The summed E-state index contributed by atoms with van der Waals surface area (Å²) in [5, 5.41) is 6.98. The van der Waals surface area contributed by atoms with E-state index in [0.29, 0.717) is 22.9 Å². The fourth-order valence-electron chi connectivity index (χ4n) is 3.28. The molecule has 0 aliphatic heterocycles. The third-order valence-corrected chi connectivity index (χ3v) is 5.45. The highest BCUT2D eigenvalue weighted by molar-refractivity contribution is 7.17. The summed E-state index contributed by atoms with van der Waals surface area (Å²) in [5.41, 5.74) is 0.663. The summed E-state index contributed by atoms with van der Waals surface area (Å²) in [4.78, 5) is 18.3. The molecule has 0 radical (unpaired) electrons. The second kappa shape index (κ2) is 6.36. The van der Waals surface area contributed by atoms with Crippen LogP contribution in [0.5, 0.6) is 0 Å². The molecule has 124 valence electrons. The van der Waals surface area contributed by atoms with Crippen molar-refractivity contribution < 1.29 is 4.42 Å². The van der Waals surface area contributed by atoms with Crippen LogP contribution in [0.1, 0.15) is 37.9 Å². The molecule has 3 aromatic rings. The van der Waals surface area contributed by atoms with Crippen molar-refractivity contribution in [2.45, 2.75) is 39.0 Å². The average molecular weight is 341 g/mol. The maximum atomic E-state index is 13.0. The second-order valence-electron chi connectivity index (χ2n) is 6.25. The lowest BCUT2D eigenvalue weighted by atomic mass is 9.90. The lowest BCUT2D eigenvalue weighted by Gasteiger charge is -2.17. The van der Waals surface area contributed by atoms with Crippen molar-refractivity contribution in [2.75, 3.05) is 0 Å². The molecular formula is C18H19N3O2S. The molecule has 5 nitrogen and oxygen atoms in total. The molecule has 0 spiro atoms. The molecule has 0 aromatic carbocycles. The predicted molar refractivity (Wildman–Crippen MR) is 96.8 cm³/mol. The van der Waals surface area contributed by atoms with Gasteiger partial charge in [-0.05, 0) is 37.8 Å². The van der Waals surface area contributed by atoms with E-state index in [0.717, 1.165) is 23.2 Å². The van der Waals surface area contributed by atoms with E-state index < -0.39 is 0 Å². The largest absolute Gasteiger partial charge is 0.464 e. The Hall–Kier alpha value is -2.21. The van der Waals surface area contributed by atoms with Crippen molar-refractivity contribution in [3.8, 4) is 11.3 Å². The van der Waals surface area contributed by atoms with Gasteiger partial charge in [0.2, 0.25) is 0 Å². The molecule has 24 heavy (non-hydrogen) atoms. The van der Waals surface area contributed by atoms with Gasteiger partial charge in [-0.3, -0.25) is 4.79 Å². The van der Waals surface area contributed by atoms with Crippen LogP contribution in [-0.4, -0.2) is 15.9 Å². The second-order valence-corrected chi connectivity index (χ2v) is 7.10. The molecule has 6 heteroatoms. The summed E-state index contributed by atoms with van der Waals surface area (Å²) in [6.45, 7) is 1.82. The number of hydrogen-bond donors (Lipinski definition) is 0. The number of aryl methyl sites for hydroxylation is 1. The monoisotopic (exact) mass is 341 g/mol. The third kappa shape index (κ3) is 2.71. The quantitative estimate of drug-likeness (QED) is 0.662. The standard InChI is InChI=1S/C18H19N3O2S/c1-12-20-17-16(14(11-24-17)15-8-5-9-23-15)18(22)21(12)19-10-13-6-3-2-4-7-13/h5,8-11,13H,2-4,6-7H2,1H3/b19-10+. The maximum absolute atomic E-state index is 13.0. The van der Waals surface area contributed by atoms with Gasteiger partial charge < -0.3 is 4.42 Å². The van der Waals surface area contributed by atoms with Crippen molar-refractivity contribution in [3.05, 3.63) is 40.0 Å². The highest BCUT2D eigenvalue weighted by Crippen LogP contribution is 2.31. The minimum atomic E-state index is -0.128. The van der Waals surface area contributed by atoms with E-state index in [1.807, 2.05) is 30.7 Å². The fraction of sp³-hybridized carbons (Fsp3) is 0.389. The number of hydrogen-bond acceptors (Lipinski definition) is 5. The Morgan fingerprint density at radius 1 is 1.38 bits per heavy atom. The summed E-state index contributed by atoms with van der Waals surface area (Å²) in [7, 11) is 0. The molecule has 1 aliphatic rings. The zero-order valence-electron chi connectivity index (χ0n) is 13.6. The van der Waals surface area contributed by atoms with E-state index in [1.165, 1.54) is 35.3 Å². The molecule has 0 atom stereocenters. The molecule has 0 N–H and O–H groups in total. The lowest BCUT2D eigenvalue weighted by molar-refractivity contribution is 0.443. The van der Waals surface area contributed by atoms with Crippen LogP contribution in [0, 0.1) is 12.8 Å². The van der Waals surface area contributed by atoms with Crippen molar-refractivity contribution in [2.24, 2.45) is 11.0 Å². The summed E-state index contributed by atoms with van der Waals surface area (Å²) in [5.74, 6) is 1.77. The van der Waals surface area contributed by atoms with E-state index in [4.69, 9.17) is 4.42 Å². The topological polar surface area (TPSA) is 60.4 Å². The maximum Gasteiger partial charge on any atom is 0.283 e. The number of nitrogens with zero attached hydrogens (tertiary/aromatic N) is 3. The van der Waals surface area contributed by atoms with E-state index >= 15 is 0 Å². The molecule has 1 saturated carbocycles. The van der Waals surface area contributed by atoms with Gasteiger partial charge in [0.25, 0.3) is 5.56 Å². The van der Waals surface area contributed by atoms with Gasteiger partial charge in [0.1, 0.15) is 16.4 Å². The van der Waals surface area contributed by atoms with Gasteiger partial charge in [-0.25, -0.2) is 4.98 Å². The van der Waals surface area contributed by atoms with Crippen LogP contribution in [0.4, 0.5) is 0 Å². The summed E-state index contributed by atoms with van der Waals surface area (Å²) in [6.07, 6.45) is 9.65. The summed E-state index contributed by atoms with van der Waals surface area (Å²) < 4.78 is 6.89. The minimum absolute atomic E-state index is 0.128. The zero-order valence-corrected chi connectivity index (χ0v) is 14.4. The van der Waals surface area contributed by atoms with E-state index in [1.54, 1.807) is 6.26 Å². The third-order valence-electron chi connectivity index (χ3n) is 4.58. The number of aromatic nitrogens is 2. The molecule has 0 amide bonds. The Labute approximate surface area is 143 Å². The first-order valence-electron chi connectivity index (χ1n) is 8.33. The van der Waals surface area contributed by atoms with Gasteiger partial charge in [0.05, 0.1) is 11.6 Å². The smallest absolute Gasteiger partial charge is 0.283 e. The van der Waals surface area contributed by atoms with Crippen molar-refractivity contribution >= 4 is 27.8 Å². The van der Waals surface area contributed by atoms with Gasteiger partial charge in [-0.1, -0.05) is 19.3 Å². The first kappa shape index (κ1) is 15.3. The van der Waals surface area contributed by atoms with Gasteiger partial charge in [0.15, 0.2) is 0 Å². The van der Waals surface area contributed by atoms with Crippen molar-refractivity contribution in [1.82, 2.24) is 9.66 Å². The van der Waals surface area contributed by atoms with Crippen molar-refractivity contribution in [3.63, 3.8) is 0 Å². The summed E-state index contributed by atoms with van der Waals surface area (Å²) in [6, 6.07) is 3.68. The van der Waals surface area contributed by atoms with Gasteiger partial charge in [0, 0.05) is 17.2 Å². The predicted octanol–water partition coefficient (Wildman–Crippen LogP) is 4.44. The number of furan rings is 1. The average Bonchev–Trinajstić information content (AvgIpc) is 3.24. The Morgan fingerprint density at radius 3 is 2.96 bits per heavy atom. The van der Waals surface area contributed by atoms with Crippen LogP contribution in [0.15, 0.2) is 38.1 Å². The van der Waals surface area contributed by atoms with Crippen LogP contribution in [0.3, 0.4) is 0 Å². The number of rotatable bonds is 3. The van der Waals surface area contributed by atoms with E-state index in [2.05, 4.69) is 10.1 Å². The lowest BCUT2D eigenvalue weighted by Crippen LogP contribution is -2.21. The molecule has 3 aromatic heterocycles. The number of thiophene rings is 1. The molecule has 0 saturated heterocycles. The minimum Gasteiger partial charge on any atom is -0.464 e. The zero-order chi connectivity index (χ0) is 16.5. The molecule has 3 heterocycles. The number of fused-ring (bicyclic) bond motifs is 1. The molecular weight excluding hydrogens is 322 g/mol. The molecule has 4 rings (SSSR count). The SMILES string of the molecule is Cc1nc2scc(-c3ccco3)c2c(=O)n1/N=C/C1CCCCC1.